The van der Waals surface area contributed by atoms with Crippen molar-refractivity contribution in [2.45, 2.75) is 57.0 Å². The van der Waals surface area contributed by atoms with Crippen molar-refractivity contribution in [3.05, 3.63) is 35.7 Å². The zero-order valence-corrected chi connectivity index (χ0v) is 15.1. The van der Waals surface area contributed by atoms with Crippen LogP contribution in [0.25, 0.3) is 0 Å². The van der Waals surface area contributed by atoms with E-state index in [1.165, 1.54) is 12.8 Å². The average Bonchev–Trinajstić information content (AvgIpc) is 2.63. The van der Waals surface area contributed by atoms with Crippen molar-refractivity contribution < 1.29 is 0 Å². The summed E-state index contributed by atoms with van der Waals surface area (Å²) in [4.78, 5) is 14.2. The predicted octanol–water partition coefficient (Wildman–Crippen LogP) is 2.94. The molecule has 5 nitrogen and oxygen atoms in total. The maximum absolute atomic E-state index is 5.84. The van der Waals surface area contributed by atoms with Crippen LogP contribution in [0.2, 0.25) is 0 Å². The number of rotatable bonds is 5. The lowest BCUT2D eigenvalue weighted by Gasteiger charge is -2.30. The van der Waals surface area contributed by atoms with Gasteiger partial charge in [-0.25, -0.2) is 4.99 Å². The van der Waals surface area contributed by atoms with Crippen LogP contribution >= 0.6 is 0 Å². The Balaban J connectivity index is 1.65. The SMILES string of the molecule is CC12CC=CC=C1N=C(C(C=NC1CCC(CCN)CC1)=CN)C=N2. The van der Waals surface area contributed by atoms with E-state index in [9.17, 15) is 0 Å². The number of nitrogens with zero attached hydrogens (tertiary/aromatic N) is 3. The maximum atomic E-state index is 5.84. The van der Waals surface area contributed by atoms with E-state index in [1.807, 2.05) is 24.6 Å². The van der Waals surface area contributed by atoms with Crippen LogP contribution in [0.15, 0.2) is 50.7 Å². The molecule has 25 heavy (non-hydrogen) atoms. The van der Waals surface area contributed by atoms with E-state index in [1.54, 1.807) is 6.20 Å². The van der Waals surface area contributed by atoms with Crippen molar-refractivity contribution in [1.82, 2.24) is 0 Å². The Morgan fingerprint density at radius 2 is 2.16 bits per heavy atom. The molecular weight excluding hydrogens is 310 g/mol. The third kappa shape index (κ3) is 4.15. The summed E-state index contributed by atoms with van der Waals surface area (Å²) in [5, 5.41) is 0. The molecule has 1 unspecified atom stereocenters. The van der Waals surface area contributed by atoms with Crippen LogP contribution in [0.3, 0.4) is 0 Å². The summed E-state index contributed by atoms with van der Waals surface area (Å²) in [5.74, 6) is 0.778. The molecule has 0 aromatic rings. The Bertz CT molecular complexity index is 660. The molecule has 1 atom stereocenters. The molecule has 1 aliphatic heterocycles. The van der Waals surface area contributed by atoms with E-state index in [4.69, 9.17) is 26.4 Å². The van der Waals surface area contributed by atoms with Gasteiger partial charge in [-0.3, -0.25) is 9.98 Å². The minimum atomic E-state index is -0.240. The van der Waals surface area contributed by atoms with Gasteiger partial charge in [0, 0.05) is 30.2 Å². The first-order chi connectivity index (χ1) is 12.1. The molecule has 0 amide bonds. The van der Waals surface area contributed by atoms with Crippen molar-refractivity contribution in [2.24, 2.45) is 32.4 Å². The average molecular weight is 339 g/mol. The lowest BCUT2D eigenvalue weighted by atomic mass is 9.84. The largest absolute Gasteiger partial charge is 0.404 e. The van der Waals surface area contributed by atoms with E-state index in [0.717, 1.165) is 55.1 Å². The van der Waals surface area contributed by atoms with Crippen molar-refractivity contribution in [1.29, 1.82) is 0 Å². The lowest BCUT2D eigenvalue weighted by molar-refractivity contribution is 0.315. The second kappa shape index (κ2) is 7.91. The quantitative estimate of drug-likeness (QED) is 0.754. The van der Waals surface area contributed by atoms with Crippen molar-refractivity contribution in [3.63, 3.8) is 0 Å². The van der Waals surface area contributed by atoms with E-state index >= 15 is 0 Å². The number of hydrogen-bond acceptors (Lipinski definition) is 5. The monoisotopic (exact) mass is 339 g/mol. The Labute approximate surface area is 150 Å². The zero-order valence-electron chi connectivity index (χ0n) is 15.1. The van der Waals surface area contributed by atoms with E-state index in [-0.39, 0.29) is 5.54 Å². The molecule has 1 saturated carbocycles. The van der Waals surface area contributed by atoms with Crippen LogP contribution in [0, 0.1) is 5.92 Å². The van der Waals surface area contributed by atoms with Crippen LogP contribution in [0.4, 0.5) is 0 Å². The third-order valence-corrected chi connectivity index (χ3v) is 5.46. The molecule has 3 rings (SSSR count). The minimum absolute atomic E-state index is 0.240. The van der Waals surface area contributed by atoms with Crippen LogP contribution in [0.5, 0.6) is 0 Å². The van der Waals surface area contributed by atoms with Gasteiger partial charge in [0.15, 0.2) is 0 Å². The molecule has 0 spiro atoms. The number of fused-ring (bicyclic) bond motifs is 1. The fourth-order valence-electron chi connectivity index (χ4n) is 3.72. The highest BCUT2D eigenvalue weighted by Gasteiger charge is 2.31. The first kappa shape index (κ1) is 17.8. The molecule has 2 aliphatic carbocycles. The third-order valence-electron chi connectivity index (χ3n) is 5.46. The van der Waals surface area contributed by atoms with Gasteiger partial charge in [0.2, 0.25) is 0 Å². The highest BCUT2D eigenvalue weighted by Crippen LogP contribution is 2.32. The summed E-state index contributed by atoms with van der Waals surface area (Å²) in [6, 6.07) is 0.382. The molecular formula is C20H29N5. The summed E-state index contributed by atoms with van der Waals surface area (Å²) in [6.45, 7) is 2.90. The number of hydrogen-bond donors (Lipinski definition) is 2. The molecule has 0 radical (unpaired) electrons. The summed E-state index contributed by atoms with van der Waals surface area (Å²) in [6.07, 6.45) is 18.2. The van der Waals surface area contributed by atoms with Crippen molar-refractivity contribution in [3.8, 4) is 0 Å². The topological polar surface area (TPSA) is 89.1 Å². The van der Waals surface area contributed by atoms with Crippen LogP contribution in [0.1, 0.15) is 45.4 Å². The van der Waals surface area contributed by atoms with Crippen LogP contribution in [-0.4, -0.2) is 36.3 Å². The lowest BCUT2D eigenvalue weighted by Crippen LogP contribution is -2.30. The summed E-state index contributed by atoms with van der Waals surface area (Å²) >= 11 is 0. The standard InChI is InChI=1S/C20H29N5/c1-20-10-3-2-4-19(20)25-18(14-24-20)16(12-22)13-23-17-7-5-15(6-8-17)9-11-21/h2-4,12-15,17H,5-11,21-22H2,1H3. The highest BCUT2D eigenvalue weighted by atomic mass is 15.0. The van der Waals surface area contributed by atoms with Crippen molar-refractivity contribution >= 4 is 18.1 Å². The van der Waals surface area contributed by atoms with E-state index in [2.05, 4.69) is 13.0 Å². The Morgan fingerprint density at radius 1 is 1.36 bits per heavy atom. The summed E-state index contributed by atoms with van der Waals surface area (Å²) in [7, 11) is 0. The Hall–Kier alpha value is -2.01. The summed E-state index contributed by atoms with van der Waals surface area (Å²) in [5.41, 5.74) is 13.9. The van der Waals surface area contributed by atoms with E-state index in [0.29, 0.717) is 6.04 Å². The molecule has 3 aliphatic rings. The molecule has 134 valence electrons. The van der Waals surface area contributed by atoms with Gasteiger partial charge < -0.3 is 11.5 Å². The second-order valence-electron chi connectivity index (χ2n) is 7.37. The van der Waals surface area contributed by atoms with Gasteiger partial charge in [-0.15, -0.1) is 0 Å². The first-order valence-electron chi connectivity index (χ1n) is 9.31. The number of allylic oxidation sites excluding steroid dienone is 3. The van der Waals surface area contributed by atoms with Gasteiger partial charge in [-0.05, 0) is 64.0 Å². The second-order valence-corrected chi connectivity index (χ2v) is 7.37. The molecule has 5 heteroatoms. The fourth-order valence-corrected chi connectivity index (χ4v) is 3.72. The minimum Gasteiger partial charge on any atom is -0.404 e. The van der Waals surface area contributed by atoms with Crippen molar-refractivity contribution in [2.75, 3.05) is 6.54 Å². The fraction of sp³-hybridized carbons (Fsp3) is 0.550. The van der Waals surface area contributed by atoms with Gasteiger partial charge in [0.25, 0.3) is 0 Å². The Kier molecular flexibility index (Phi) is 5.63. The normalized spacial score (nSPS) is 32.5. The number of nitrogens with two attached hydrogens (primary N) is 2. The zero-order chi connectivity index (χ0) is 17.7. The number of aliphatic imine (C=N–C) groups is 3. The molecule has 0 bridgehead atoms. The highest BCUT2D eigenvalue weighted by molar-refractivity contribution is 6.44. The smallest absolute Gasteiger partial charge is 0.103 e. The van der Waals surface area contributed by atoms with Gasteiger partial charge in [0.05, 0.1) is 11.4 Å². The van der Waals surface area contributed by atoms with Gasteiger partial charge in [-0.2, -0.15) is 0 Å². The first-order valence-corrected chi connectivity index (χ1v) is 9.31. The predicted molar refractivity (Wildman–Crippen MR) is 106 cm³/mol. The molecule has 0 saturated heterocycles. The molecule has 0 aromatic carbocycles. The van der Waals surface area contributed by atoms with Gasteiger partial charge in [0.1, 0.15) is 5.54 Å². The molecule has 0 aromatic heterocycles. The molecule has 1 heterocycles. The van der Waals surface area contributed by atoms with Crippen LogP contribution in [-0.2, 0) is 0 Å². The van der Waals surface area contributed by atoms with Gasteiger partial charge >= 0.3 is 0 Å². The molecule has 1 fully saturated rings. The van der Waals surface area contributed by atoms with Crippen LogP contribution < -0.4 is 11.5 Å². The maximum Gasteiger partial charge on any atom is 0.103 e. The van der Waals surface area contributed by atoms with Gasteiger partial charge in [-0.1, -0.05) is 12.2 Å². The molecule has 4 N–H and O–H groups in total. The Morgan fingerprint density at radius 3 is 2.88 bits per heavy atom. The summed E-state index contributed by atoms with van der Waals surface area (Å²) < 4.78 is 0. The van der Waals surface area contributed by atoms with E-state index < -0.39 is 0 Å².